The Kier molecular flexibility index (Phi) is 16.0. The number of carbonyl (C=O) groups is 1. The van der Waals surface area contributed by atoms with Gasteiger partial charge in [0.15, 0.2) is 0 Å². The van der Waals surface area contributed by atoms with Crippen molar-refractivity contribution in [1.29, 1.82) is 0 Å². The Morgan fingerprint density at radius 1 is 0.905 bits per heavy atom. The van der Waals surface area contributed by atoms with Gasteiger partial charge >= 0.3 is 5.97 Å². The summed E-state index contributed by atoms with van der Waals surface area (Å²) in [5, 5.41) is 0. The first-order valence-corrected chi connectivity index (χ1v) is 9.49. The van der Waals surface area contributed by atoms with Crippen LogP contribution in [0.5, 0.6) is 0 Å². The van der Waals surface area contributed by atoms with E-state index in [1.807, 2.05) is 6.92 Å². The molecule has 1 atom stereocenters. The first kappa shape index (κ1) is 20.8. The van der Waals surface area contributed by atoms with Crippen molar-refractivity contribution in [2.75, 3.05) is 5.88 Å². The quantitative estimate of drug-likeness (QED) is 0.203. The van der Waals surface area contributed by atoms with E-state index in [0.717, 1.165) is 19.3 Å². The molecule has 0 aliphatic heterocycles. The highest BCUT2D eigenvalue weighted by Crippen LogP contribution is 2.12. The predicted molar refractivity (Wildman–Crippen MR) is 92.0 cm³/mol. The highest BCUT2D eigenvalue weighted by atomic mass is 35.5. The Balaban J connectivity index is 3.19. The second kappa shape index (κ2) is 16.1. The highest BCUT2D eigenvalue weighted by molar-refractivity contribution is 6.17. The normalized spacial score (nSPS) is 12.3. The molecular formula is C18H35ClO2. The summed E-state index contributed by atoms with van der Waals surface area (Å²) in [7, 11) is 0. The van der Waals surface area contributed by atoms with Crippen LogP contribution in [0.2, 0.25) is 0 Å². The summed E-state index contributed by atoms with van der Waals surface area (Å²) in [6, 6.07) is 0. The first-order valence-electron chi connectivity index (χ1n) is 8.96. The number of halogens is 1. The molecule has 1 unspecified atom stereocenters. The molecule has 0 aromatic heterocycles. The van der Waals surface area contributed by atoms with Crippen molar-refractivity contribution in [3.05, 3.63) is 0 Å². The summed E-state index contributed by atoms with van der Waals surface area (Å²) in [5.74, 6) is 0.482. The third-order valence-corrected chi connectivity index (χ3v) is 4.05. The molecule has 126 valence electrons. The summed E-state index contributed by atoms with van der Waals surface area (Å²) in [4.78, 5) is 11.5. The van der Waals surface area contributed by atoms with Crippen LogP contribution in [-0.4, -0.2) is 18.0 Å². The number of hydrogen-bond donors (Lipinski definition) is 0. The molecule has 3 heteroatoms. The Bertz CT molecular complexity index is 231. The number of ether oxygens (including phenoxy) is 1. The van der Waals surface area contributed by atoms with Gasteiger partial charge in [0.2, 0.25) is 0 Å². The molecule has 0 aliphatic carbocycles. The Morgan fingerprint density at radius 2 is 1.38 bits per heavy atom. The fourth-order valence-electron chi connectivity index (χ4n) is 2.43. The van der Waals surface area contributed by atoms with Crippen LogP contribution in [0.15, 0.2) is 0 Å². The Labute approximate surface area is 137 Å². The van der Waals surface area contributed by atoms with Crippen LogP contribution in [0.3, 0.4) is 0 Å². The number of hydrogen-bond acceptors (Lipinski definition) is 2. The molecule has 0 aromatic rings. The molecule has 0 bridgehead atoms. The topological polar surface area (TPSA) is 26.3 Å². The van der Waals surface area contributed by atoms with Crippen molar-refractivity contribution < 1.29 is 9.53 Å². The van der Waals surface area contributed by atoms with E-state index in [1.54, 1.807) is 0 Å². The van der Waals surface area contributed by atoms with Crippen LogP contribution in [0.25, 0.3) is 0 Å². The van der Waals surface area contributed by atoms with Crippen LogP contribution >= 0.6 is 11.6 Å². The van der Waals surface area contributed by atoms with Crippen molar-refractivity contribution in [1.82, 2.24) is 0 Å². The monoisotopic (exact) mass is 318 g/mol. The van der Waals surface area contributed by atoms with Crippen LogP contribution in [0.4, 0.5) is 0 Å². The lowest BCUT2D eigenvalue weighted by Crippen LogP contribution is -2.15. The van der Waals surface area contributed by atoms with Gasteiger partial charge < -0.3 is 4.74 Å². The van der Waals surface area contributed by atoms with Crippen molar-refractivity contribution in [3.63, 3.8) is 0 Å². The molecule has 0 amide bonds. The van der Waals surface area contributed by atoms with Gasteiger partial charge in [0.05, 0.1) is 0 Å². The number of unbranched alkanes of at least 4 members (excludes halogenated alkanes) is 10. The zero-order valence-electron chi connectivity index (χ0n) is 14.2. The molecule has 21 heavy (non-hydrogen) atoms. The summed E-state index contributed by atoms with van der Waals surface area (Å²) in [5.41, 5.74) is 0. The predicted octanol–water partition coefficient (Wildman–Crippen LogP) is 6.25. The van der Waals surface area contributed by atoms with E-state index in [2.05, 4.69) is 6.92 Å². The molecule has 0 aromatic carbocycles. The van der Waals surface area contributed by atoms with Gasteiger partial charge in [0.1, 0.15) is 6.10 Å². The van der Waals surface area contributed by atoms with E-state index in [9.17, 15) is 4.79 Å². The first-order chi connectivity index (χ1) is 10.2. The summed E-state index contributed by atoms with van der Waals surface area (Å²) >= 11 is 5.61. The third-order valence-electron chi connectivity index (χ3n) is 3.83. The van der Waals surface area contributed by atoms with Crippen molar-refractivity contribution in [2.24, 2.45) is 0 Å². The molecule has 0 aliphatic rings. The molecule has 0 rings (SSSR count). The fourth-order valence-corrected chi connectivity index (χ4v) is 2.74. The lowest BCUT2D eigenvalue weighted by atomic mass is 10.1. The molecule has 0 saturated heterocycles. The highest BCUT2D eigenvalue weighted by Gasteiger charge is 2.08. The molecule has 0 fully saturated rings. The van der Waals surface area contributed by atoms with E-state index in [-0.39, 0.29) is 12.1 Å². The largest absolute Gasteiger partial charge is 0.463 e. The Hall–Kier alpha value is -0.240. The minimum atomic E-state index is -0.0662. The second-order valence-electron chi connectivity index (χ2n) is 6.06. The summed E-state index contributed by atoms with van der Waals surface area (Å²) in [6.07, 6.45) is 15.6. The number of esters is 1. The molecule has 0 radical (unpaired) electrons. The zero-order valence-corrected chi connectivity index (χ0v) is 14.9. The fraction of sp³-hybridized carbons (Fsp3) is 0.944. The number of rotatable bonds is 15. The SMILES string of the molecule is CCCCCCCCCCCCCC(=O)OC(C)CCCl. The van der Waals surface area contributed by atoms with E-state index in [1.165, 1.54) is 57.8 Å². The van der Waals surface area contributed by atoms with Crippen LogP contribution in [0.1, 0.15) is 97.3 Å². The molecule has 0 saturated carbocycles. The van der Waals surface area contributed by atoms with Gasteiger partial charge in [0, 0.05) is 12.3 Å². The van der Waals surface area contributed by atoms with Crippen molar-refractivity contribution in [2.45, 2.75) is 103 Å². The van der Waals surface area contributed by atoms with E-state index >= 15 is 0 Å². The van der Waals surface area contributed by atoms with Gasteiger partial charge in [-0.25, -0.2) is 0 Å². The average Bonchev–Trinajstić information content (AvgIpc) is 2.45. The average molecular weight is 319 g/mol. The molecular weight excluding hydrogens is 284 g/mol. The van der Waals surface area contributed by atoms with Gasteiger partial charge in [-0.15, -0.1) is 11.6 Å². The third kappa shape index (κ3) is 16.0. The maximum absolute atomic E-state index is 11.5. The maximum atomic E-state index is 11.5. The summed E-state index contributed by atoms with van der Waals surface area (Å²) in [6.45, 7) is 4.16. The smallest absolute Gasteiger partial charge is 0.306 e. The van der Waals surface area contributed by atoms with Gasteiger partial charge in [-0.2, -0.15) is 0 Å². The van der Waals surface area contributed by atoms with Crippen LogP contribution in [-0.2, 0) is 9.53 Å². The minimum absolute atomic E-state index is 0.0392. The lowest BCUT2D eigenvalue weighted by Gasteiger charge is -2.11. The Morgan fingerprint density at radius 3 is 1.86 bits per heavy atom. The number of alkyl halides is 1. The van der Waals surface area contributed by atoms with E-state index in [4.69, 9.17) is 16.3 Å². The van der Waals surface area contributed by atoms with Crippen molar-refractivity contribution >= 4 is 17.6 Å². The summed E-state index contributed by atoms with van der Waals surface area (Å²) < 4.78 is 5.26. The van der Waals surface area contributed by atoms with Gasteiger partial charge in [0.25, 0.3) is 0 Å². The van der Waals surface area contributed by atoms with Gasteiger partial charge in [-0.1, -0.05) is 71.1 Å². The van der Waals surface area contributed by atoms with Gasteiger partial charge in [-0.3, -0.25) is 4.79 Å². The second-order valence-corrected chi connectivity index (χ2v) is 6.44. The number of carbonyl (C=O) groups excluding carboxylic acids is 1. The molecule has 0 N–H and O–H groups in total. The molecule has 0 heterocycles. The lowest BCUT2D eigenvalue weighted by molar-refractivity contribution is -0.148. The van der Waals surface area contributed by atoms with E-state index < -0.39 is 0 Å². The van der Waals surface area contributed by atoms with Crippen LogP contribution < -0.4 is 0 Å². The van der Waals surface area contributed by atoms with E-state index in [0.29, 0.717) is 12.3 Å². The molecule has 0 spiro atoms. The zero-order chi connectivity index (χ0) is 15.8. The van der Waals surface area contributed by atoms with Crippen LogP contribution in [0, 0.1) is 0 Å². The maximum Gasteiger partial charge on any atom is 0.306 e. The van der Waals surface area contributed by atoms with Gasteiger partial charge in [-0.05, 0) is 19.8 Å². The van der Waals surface area contributed by atoms with Crippen molar-refractivity contribution in [3.8, 4) is 0 Å². The standard InChI is InChI=1S/C18H35ClO2/c1-3-4-5-6-7-8-9-10-11-12-13-14-18(20)21-17(2)15-16-19/h17H,3-16H2,1-2H3. The minimum Gasteiger partial charge on any atom is -0.463 e. The molecule has 2 nitrogen and oxygen atoms in total.